The minimum atomic E-state index is 0. The third-order valence-electron chi connectivity index (χ3n) is 5.96. The van der Waals surface area contributed by atoms with Crippen molar-refractivity contribution in [2.75, 3.05) is 11.4 Å². The average molecular weight is 551 g/mol. The highest BCUT2D eigenvalue weighted by Gasteiger charge is 2.26. The van der Waals surface area contributed by atoms with Gasteiger partial charge in [0.2, 0.25) is 11.2 Å². The summed E-state index contributed by atoms with van der Waals surface area (Å²) in [5, 5.41) is 2.59. The molecule has 0 saturated heterocycles. The van der Waals surface area contributed by atoms with E-state index >= 15 is 0 Å². The standard InChI is InChI=1S/C28H27N2S.HI/c1-4-29-24(14-12-23-17-20(3)11-15-25(23)29)19-28-30(5-2)26-18-22(13-16-27(26)31-28)21-9-7-6-8-10-21;/h6-19H,4-5H2,1-3H3;1H/q+1;/p-1. The minimum absolute atomic E-state index is 0. The van der Waals surface area contributed by atoms with Gasteiger partial charge in [0.1, 0.15) is 6.54 Å². The van der Waals surface area contributed by atoms with Crippen LogP contribution in [0.15, 0.2) is 88.8 Å². The number of thioether (sulfide) groups is 1. The van der Waals surface area contributed by atoms with E-state index in [0.29, 0.717) is 0 Å². The predicted octanol–water partition coefficient (Wildman–Crippen LogP) is 4.06. The number of aryl methyl sites for hydroxylation is 2. The number of halogens is 1. The van der Waals surface area contributed by atoms with Crippen molar-refractivity contribution >= 4 is 34.4 Å². The van der Waals surface area contributed by atoms with Gasteiger partial charge in [-0.1, -0.05) is 59.8 Å². The quantitative estimate of drug-likeness (QED) is 0.280. The van der Waals surface area contributed by atoms with Crippen LogP contribution in [0.1, 0.15) is 25.1 Å². The Bertz CT molecular complexity index is 1300. The first-order chi connectivity index (χ1) is 15.2. The number of hydrogen-bond donors (Lipinski definition) is 0. The summed E-state index contributed by atoms with van der Waals surface area (Å²) in [5.41, 5.74) is 7.67. The number of aromatic nitrogens is 1. The molecule has 162 valence electrons. The molecule has 5 rings (SSSR count). The first-order valence-corrected chi connectivity index (χ1v) is 11.8. The number of fused-ring (bicyclic) bond motifs is 2. The maximum Gasteiger partial charge on any atom is 0.212 e. The van der Waals surface area contributed by atoms with E-state index in [-0.39, 0.29) is 24.0 Å². The van der Waals surface area contributed by atoms with E-state index in [0.717, 1.165) is 13.1 Å². The lowest BCUT2D eigenvalue weighted by Crippen LogP contribution is -3.00. The largest absolute Gasteiger partial charge is 1.00 e. The van der Waals surface area contributed by atoms with Gasteiger partial charge in [-0.25, -0.2) is 0 Å². The lowest BCUT2D eigenvalue weighted by Gasteiger charge is -2.18. The molecule has 2 heterocycles. The van der Waals surface area contributed by atoms with Gasteiger partial charge in [-0.05, 0) is 56.2 Å². The molecule has 1 aliphatic rings. The number of benzene rings is 3. The maximum absolute atomic E-state index is 2.44. The van der Waals surface area contributed by atoms with Gasteiger partial charge in [0.25, 0.3) is 0 Å². The molecule has 0 saturated carbocycles. The highest BCUT2D eigenvalue weighted by Crippen LogP contribution is 2.47. The summed E-state index contributed by atoms with van der Waals surface area (Å²) >= 11 is 1.87. The van der Waals surface area contributed by atoms with Gasteiger partial charge in [0.05, 0.1) is 10.7 Å². The van der Waals surface area contributed by atoms with Crippen molar-refractivity contribution in [1.82, 2.24) is 0 Å². The fraction of sp³-hybridized carbons (Fsp3) is 0.179. The van der Waals surface area contributed by atoms with Crippen molar-refractivity contribution in [2.45, 2.75) is 32.2 Å². The summed E-state index contributed by atoms with van der Waals surface area (Å²) in [6, 6.07) is 28.7. The van der Waals surface area contributed by atoms with Crippen LogP contribution in [0.25, 0.3) is 28.1 Å². The van der Waals surface area contributed by atoms with Crippen LogP contribution >= 0.6 is 11.8 Å². The smallest absolute Gasteiger partial charge is 0.212 e. The lowest BCUT2D eigenvalue weighted by molar-refractivity contribution is -0.669. The van der Waals surface area contributed by atoms with E-state index in [1.807, 2.05) is 11.8 Å². The summed E-state index contributed by atoms with van der Waals surface area (Å²) in [6.07, 6.45) is 2.35. The molecule has 0 bridgehead atoms. The normalized spacial score (nSPS) is 14.0. The molecule has 0 amide bonds. The molecule has 1 aliphatic heterocycles. The molecular weight excluding hydrogens is 523 g/mol. The average Bonchev–Trinajstić information content (AvgIpc) is 3.15. The van der Waals surface area contributed by atoms with E-state index in [4.69, 9.17) is 0 Å². The molecule has 0 N–H and O–H groups in total. The van der Waals surface area contributed by atoms with Crippen molar-refractivity contribution in [1.29, 1.82) is 0 Å². The predicted molar refractivity (Wildman–Crippen MR) is 133 cm³/mol. The Morgan fingerprint density at radius 1 is 0.875 bits per heavy atom. The Labute approximate surface area is 212 Å². The van der Waals surface area contributed by atoms with Crippen LogP contribution in [0.5, 0.6) is 0 Å². The zero-order valence-corrected chi connectivity index (χ0v) is 21.7. The molecule has 0 fully saturated rings. The van der Waals surface area contributed by atoms with Crippen LogP contribution in [0.2, 0.25) is 0 Å². The Hall–Kier alpha value is -2.31. The van der Waals surface area contributed by atoms with Crippen LogP contribution in [-0.4, -0.2) is 6.54 Å². The molecule has 1 aromatic heterocycles. The maximum atomic E-state index is 2.44. The van der Waals surface area contributed by atoms with Gasteiger partial charge in [-0.2, -0.15) is 4.57 Å². The molecule has 4 heteroatoms. The number of nitrogens with zero attached hydrogens (tertiary/aromatic N) is 2. The lowest BCUT2D eigenvalue weighted by atomic mass is 10.0. The second-order valence-electron chi connectivity index (χ2n) is 7.94. The van der Waals surface area contributed by atoms with E-state index < -0.39 is 0 Å². The zero-order valence-electron chi connectivity index (χ0n) is 18.7. The SMILES string of the molecule is CCN1C(=Cc2ccc3cc(C)ccc3[n+]2CC)Sc2ccc(-c3ccccc3)cc21.[I-]. The third-order valence-corrected chi connectivity index (χ3v) is 7.07. The molecule has 0 radical (unpaired) electrons. The molecule has 0 atom stereocenters. The van der Waals surface area contributed by atoms with Crippen LogP contribution < -0.4 is 33.4 Å². The van der Waals surface area contributed by atoms with Gasteiger partial charge in [0, 0.05) is 35.0 Å². The van der Waals surface area contributed by atoms with E-state index in [1.165, 1.54) is 48.9 Å². The van der Waals surface area contributed by atoms with E-state index in [2.05, 4.69) is 115 Å². The number of hydrogen-bond acceptors (Lipinski definition) is 2. The highest BCUT2D eigenvalue weighted by molar-refractivity contribution is 8.03. The van der Waals surface area contributed by atoms with Crippen molar-refractivity contribution < 1.29 is 28.5 Å². The van der Waals surface area contributed by atoms with Crippen molar-refractivity contribution in [3.63, 3.8) is 0 Å². The van der Waals surface area contributed by atoms with Crippen molar-refractivity contribution in [3.05, 3.63) is 95.1 Å². The van der Waals surface area contributed by atoms with Gasteiger partial charge < -0.3 is 28.9 Å². The van der Waals surface area contributed by atoms with Crippen molar-refractivity contribution in [2.24, 2.45) is 0 Å². The Morgan fingerprint density at radius 2 is 1.69 bits per heavy atom. The summed E-state index contributed by atoms with van der Waals surface area (Å²) < 4.78 is 2.41. The number of rotatable bonds is 4. The van der Waals surface area contributed by atoms with Crippen LogP contribution in [-0.2, 0) is 6.54 Å². The monoisotopic (exact) mass is 550 g/mol. The van der Waals surface area contributed by atoms with Gasteiger partial charge in [0.15, 0.2) is 0 Å². The Morgan fingerprint density at radius 3 is 2.44 bits per heavy atom. The van der Waals surface area contributed by atoms with Gasteiger partial charge in [-0.15, -0.1) is 0 Å². The number of pyridine rings is 1. The molecular formula is C28H27IN2S. The summed E-state index contributed by atoms with van der Waals surface area (Å²) in [7, 11) is 0. The third kappa shape index (κ3) is 4.18. The fourth-order valence-corrected chi connectivity index (χ4v) is 5.56. The van der Waals surface area contributed by atoms with Gasteiger partial charge in [-0.3, -0.25) is 0 Å². The van der Waals surface area contributed by atoms with E-state index in [9.17, 15) is 0 Å². The number of anilines is 1. The summed E-state index contributed by atoms with van der Waals surface area (Å²) in [4.78, 5) is 3.76. The zero-order chi connectivity index (χ0) is 21.4. The van der Waals surface area contributed by atoms with Crippen LogP contribution in [0.3, 0.4) is 0 Å². The second kappa shape index (κ2) is 9.67. The summed E-state index contributed by atoms with van der Waals surface area (Å²) in [5.74, 6) is 0. The molecule has 4 aromatic rings. The van der Waals surface area contributed by atoms with Crippen molar-refractivity contribution in [3.8, 4) is 11.1 Å². The fourth-order valence-electron chi connectivity index (χ4n) is 4.41. The first kappa shape index (κ1) is 22.9. The molecule has 0 unspecified atom stereocenters. The molecule has 0 aliphatic carbocycles. The van der Waals surface area contributed by atoms with Crippen LogP contribution in [0, 0.1) is 6.92 Å². The minimum Gasteiger partial charge on any atom is -1.00 e. The highest BCUT2D eigenvalue weighted by atomic mass is 127. The molecule has 2 nitrogen and oxygen atoms in total. The topological polar surface area (TPSA) is 7.12 Å². The second-order valence-corrected chi connectivity index (χ2v) is 9.00. The Balaban J connectivity index is 0.00000245. The molecule has 32 heavy (non-hydrogen) atoms. The first-order valence-electron chi connectivity index (χ1n) is 11.0. The van der Waals surface area contributed by atoms with Gasteiger partial charge >= 0.3 is 0 Å². The van der Waals surface area contributed by atoms with E-state index in [1.54, 1.807) is 0 Å². The molecule has 0 spiro atoms. The van der Waals surface area contributed by atoms with Crippen LogP contribution in [0.4, 0.5) is 5.69 Å². The Kier molecular flexibility index (Phi) is 6.91. The summed E-state index contributed by atoms with van der Waals surface area (Å²) in [6.45, 7) is 8.50. The molecule has 3 aromatic carbocycles.